The molecular weight excluding hydrogens is 240 g/mol. The smallest absolute Gasteiger partial charge is 0.368 e. The van der Waals surface area contributed by atoms with E-state index in [-0.39, 0.29) is 0 Å². The molecule has 0 saturated carbocycles. The lowest BCUT2D eigenvalue weighted by Crippen LogP contribution is -2.43. The van der Waals surface area contributed by atoms with Crippen molar-refractivity contribution in [3.05, 3.63) is 30.3 Å². The minimum Gasteiger partial charge on any atom is -0.476 e. The Morgan fingerprint density at radius 2 is 1.94 bits per heavy atom. The van der Waals surface area contributed by atoms with Crippen LogP contribution in [0.4, 0.5) is 0 Å². The second kappa shape index (κ2) is 5.92. The van der Waals surface area contributed by atoms with Gasteiger partial charge in [-0.15, -0.1) is 0 Å². The van der Waals surface area contributed by atoms with Gasteiger partial charge >= 0.3 is 5.97 Å². The second-order valence-electron chi connectivity index (χ2n) is 4.61. The van der Waals surface area contributed by atoms with Gasteiger partial charge in [-0.25, -0.2) is 4.79 Å². The zero-order valence-corrected chi connectivity index (χ0v) is 11.0. The summed E-state index contributed by atoms with van der Waals surface area (Å²) < 4.78 is 10.0. The van der Waals surface area contributed by atoms with Gasteiger partial charge in [-0.05, 0) is 25.0 Å². The molecule has 0 heterocycles. The van der Waals surface area contributed by atoms with Crippen molar-refractivity contribution in [3.8, 4) is 5.75 Å². The molecule has 1 rings (SSSR count). The Morgan fingerprint density at radius 3 is 2.41 bits per heavy atom. The largest absolute Gasteiger partial charge is 0.476 e. The standard InChI is InChI=1S/C13H17ClO3/c1-10(2)9-13(3,12(15)17-14)16-11-7-5-4-6-8-11/h4-8,10H,9H2,1-3H3. The Bertz CT molecular complexity index is 364. The van der Waals surface area contributed by atoms with Crippen molar-refractivity contribution in [1.82, 2.24) is 0 Å². The summed E-state index contributed by atoms with van der Waals surface area (Å²) in [5.41, 5.74) is -1.06. The number of rotatable bonds is 5. The molecule has 1 aromatic rings. The number of carbonyl (C=O) groups is 1. The molecule has 0 saturated heterocycles. The van der Waals surface area contributed by atoms with E-state index >= 15 is 0 Å². The SMILES string of the molecule is CC(C)CC(C)(Oc1ccccc1)C(=O)OCl. The molecule has 0 amide bonds. The third kappa shape index (κ3) is 3.93. The first kappa shape index (κ1) is 13.8. The molecule has 0 N–H and O–H groups in total. The van der Waals surface area contributed by atoms with Gasteiger partial charge in [-0.2, -0.15) is 0 Å². The van der Waals surface area contributed by atoms with Crippen LogP contribution in [0, 0.1) is 5.92 Å². The highest BCUT2D eigenvalue weighted by atomic mass is 35.5. The van der Waals surface area contributed by atoms with Crippen LogP contribution in [-0.4, -0.2) is 11.6 Å². The number of hydrogen-bond donors (Lipinski definition) is 0. The Kier molecular flexibility index (Phi) is 4.82. The van der Waals surface area contributed by atoms with Gasteiger partial charge in [0.15, 0.2) is 0 Å². The number of carbonyl (C=O) groups excluding carboxylic acids is 1. The van der Waals surface area contributed by atoms with E-state index in [4.69, 9.17) is 16.6 Å². The van der Waals surface area contributed by atoms with Crippen molar-refractivity contribution in [2.75, 3.05) is 0 Å². The van der Waals surface area contributed by atoms with E-state index in [1.807, 2.05) is 32.0 Å². The van der Waals surface area contributed by atoms with Gasteiger partial charge in [-0.3, -0.25) is 0 Å². The zero-order valence-electron chi connectivity index (χ0n) is 10.3. The fraction of sp³-hybridized carbons (Fsp3) is 0.462. The van der Waals surface area contributed by atoms with Crippen LogP contribution in [0.5, 0.6) is 5.75 Å². The maximum absolute atomic E-state index is 11.7. The average molecular weight is 257 g/mol. The fourth-order valence-corrected chi connectivity index (χ4v) is 1.94. The van der Waals surface area contributed by atoms with Crippen LogP contribution < -0.4 is 4.74 Å². The topological polar surface area (TPSA) is 35.5 Å². The van der Waals surface area contributed by atoms with Gasteiger partial charge in [0, 0.05) is 6.42 Å². The molecule has 17 heavy (non-hydrogen) atoms. The summed E-state index contributed by atoms with van der Waals surface area (Å²) in [7, 11) is 0. The molecule has 1 unspecified atom stereocenters. The molecule has 4 heteroatoms. The highest BCUT2D eigenvalue weighted by Crippen LogP contribution is 2.26. The molecule has 0 radical (unpaired) electrons. The van der Waals surface area contributed by atoms with Crippen LogP contribution in [-0.2, 0) is 9.08 Å². The lowest BCUT2D eigenvalue weighted by molar-refractivity contribution is -0.151. The normalized spacial score (nSPS) is 14.2. The quantitative estimate of drug-likeness (QED) is 0.808. The second-order valence-corrected chi connectivity index (χ2v) is 4.76. The minimum absolute atomic E-state index is 0.291. The van der Waals surface area contributed by atoms with E-state index in [0.29, 0.717) is 18.1 Å². The minimum atomic E-state index is -1.06. The Labute approximate surface area is 107 Å². The molecule has 0 aliphatic carbocycles. The number of ether oxygens (including phenoxy) is 1. The molecular formula is C13H17ClO3. The Hall–Kier alpha value is -1.22. The van der Waals surface area contributed by atoms with Crippen molar-refractivity contribution >= 4 is 17.8 Å². The Balaban J connectivity index is 2.87. The number of benzene rings is 1. The summed E-state index contributed by atoms with van der Waals surface area (Å²) in [5.74, 6) is 0.342. The van der Waals surface area contributed by atoms with Crippen LogP contribution >= 0.6 is 11.9 Å². The molecule has 0 aliphatic heterocycles. The maximum Gasteiger partial charge on any atom is 0.368 e. The molecule has 0 spiro atoms. The molecule has 94 valence electrons. The number of hydrogen-bond acceptors (Lipinski definition) is 3. The molecule has 1 aromatic carbocycles. The third-order valence-electron chi connectivity index (χ3n) is 2.39. The molecule has 0 aliphatic rings. The molecule has 0 fully saturated rings. The lowest BCUT2D eigenvalue weighted by atomic mass is 9.94. The van der Waals surface area contributed by atoms with Crippen molar-refractivity contribution < 1.29 is 13.8 Å². The number of halogens is 1. The first-order chi connectivity index (χ1) is 7.98. The van der Waals surface area contributed by atoms with E-state index in [1.165, 1.54) is 0 Å². The van der Waals surface area contributed by atoms with E-state index in [9.17, 15) is 4.79 Å². The van der Waals surface area contributed by atoms with Gasteiger partial charge in [0.2, 0.25) is 5.60 Å². The molecule has 0 aromatic heterocycles. The summed E-state index contributed by atoms with van der Waals surface area (Å²) in [6.07, 6.45) is 0.535. The fourth-order valence-electron chi connectivity index (χ4n) is 1.78. The highest BCUT2D eigenvalue weighted by molar-refractivity contribution is 6.14. The van der Waals surface area contributed by atoms with Gasteiger partial charge in [0.05, 0.1) is 0 Å². The van der Waals surface area contributed by atoms with Crippen molar-refractivity contribution in [3.63, 3.8) is 0 Å². The predicted molar refractivity (Wildman–Crippen MR) is 66.9 cm³/mol. The first-order valence-electron chi connectivity index (χ1n) is 5.55. The monoisotopic (exact) mass is 256 g/mol. The van der Waals surface area contributed by atoms with Crippen molar-refractivity contribution in [2.45, 2.75) is 32.8 Å². The van der Waals surface area contributed by atoms with E-state index < -0.39 is 11.6 Å². The maximum atomic E-state index is 11.7. The zero-order chi connectivity index (χ0) is 12.9. The van der Waals surface area contributed by atoms with Crippen molar-refractivity contribution in [1.29, 1.82) is 0 Å². The van der Waals surface area contributed by atoms with Gasteiger partial charge in [0.25, 0.3) is 0 Å². The summed E-state index contributed by atoms with van der Waals surface area (Å²) in [5, 5.41) is 0. The summed E-state index contributed by atoms with van der Waals surface area (Å²) in [6, 6.07) is 9.15. The summed E-state index contributed by atoms with van der Waals surface area (Å²) in [4.78, 5) is 11.7. The van der Waals surface area contributed by atoms with E-state index in [1.54, 1.807) is 19.1 Å². The van der Waals surface area contributed by atoms with Crippen LogP contribution in [0.15, 0.2) is 30.3 Å². The summed E-state index contributed by atoms with van der Waals surface area (Å²) >= 11 is 5.16. The highest BCUT2D eigenvalue weighted by Gasteiger charge is 2.38. The van der Waals surface area contributed by atoms with Crippen LogP contribution in [0.3, 0.4) is 0 Å². The molecule has 1 atom stereocenters. The lowest BCUT2D eigenvalue weighted by Gasteiger charge is -2.28. The predicted octanol–water partition coefficient (Wildman–Crippen LogP) is 3.57. The van der Waals surface area contributed by atoms with Crippen molar-refractivity contribution in [2.24, 2.45) is 5.92 Å². The average Bonchev–Trinajstić information content (AvgIpc) is 2.28. The van der Waals surface area contributed by atoms with Crippen LogP contribution in [0.25, 0.3) is 0 Å². The van der Waals surface area contributed by atoms with Gasteiger partial charge in [0.1, 0.15) is 17.6 Å². The van der Waals surface area contributed by atoms with E-state index in [2.05, 4.69) is 4.29 Å². The first-order valence-corrected chi connectivity index (χ1v) is 5.86. The number of para-hydroxylation sites is 1. The van der Waals surface area contributed by atoms with Crippen LogP contribution in [0.2, 0.25) is 0 Å². The molecule has 0 bridgehead atoms. The Morgan fingerprint density at radius 1 is 1.35 bits per heavy atom. The molecule has 3 nitrogen and oxygen atoms in total. The third-order valence-corrected chi connectivity index (χ3v) is 2.53. The van der Waals surface area contributed by atoms with E-state index in [0.717, 1.165) is 0 Å². The van der Waals surface area contributed by atoms with Gasteiger partial charge < -0.3 is 9.03 Å². The summed E-state index contributed by atoms with van der Waals surface area (Å²) in [6.45, 7) is 5.70. The van der Waals surface area contributed by atoms with Crippen LogP contribution in [0.1, 0.15) is 27.2 Å². The van der Waals surface area contributed by atoms with Gasteiger partial charge in [-0.1, -0.05) is 32.0 Å².